The SMILES string of the molecule is CC(=O)[C@H](O[Si](c1ccccc1)(c1ccccc1)C(C)(C)C)[C@@H](O)c1ccc([N+](=O)[O-])cc1. The molecular weight excluding hydrogens is 434 g/mol. The van der Waals surface area contributed by atoms with Crippen molar-refractivity contribution >= 4 is 30.2 Å². The van der Waals surface area contributed by atoms with E-state index in [1.54, 1.807) is 0 Å². The minimum atomic E-state index is -3.09. The summed E-state index contributed by atoms with van der Waals surface area (Å²) in [4.78, 5) is 23.3. The minimum Gasteiger partial charge on any atom is -0.394 e. The summed E-state index contributed by atoms with van der Waals surface area (Å²) in [5.74, 6) is -0.311. The van der Waals surface area contributed by atoms with E-state index in [2.05, 4.69) is 20.8 Å². The molecule has 0 aliphatic heterocycles. The molecule has 0 bridgehead atoms. The molecule has 0 radical (unpaired) electrons. The molecule has 0 unspecified atom stereocenters. The van der Waals surface area contributed by atoms with Crippen molar-refractivity contribution < 1.29 is 19.3 Å². The minimum absolute atomic E-state index is 0.0850. The number of hydrogen-bond donors (Lipinski definition) is 1. The van der Waals surface area contributed by atoms with Crippen molar-refractivity contribution in [3.8, 4) is 0 Å². The van der Waals surface area contributed by atoms with Crippen LogP contribution in [0.5, 0.6) is 0 Å². The van der Waals surface area contributed by atoms with Gasteiger partial charge in [0.15, 0.2) is 5.78 Å². The fourth-order valence-electron chi connectivity index (χ4n) is 4.22. The van der Waals surface area contributed by atoms with Gasteiger partial charge < -0.3 is 9.53 Å². The number of aliphatic hydroxyl groups excluding tert-OH is 1. The summed E-state index contributed by atoms with van der Waals surface area (Å²) < 4.78 is 6.84. The number of nitrogens with zero attached hydrogens (tertiary/aromatic N) is 1. The van der Waals surface area contributed by atoms with E-state index in [1.165, 1.54) is 31.2 Å². The van der Waals surface area contributed by atoms with Gasteiger partial charge >= 0.3 is 0 Å². The smallest absolute Gasteiger partial charge is 0.269 e. The maximum atomic E-state index is 12.8. The van der Waals surface area contributed by atoms with Crippen LogP contribution in [-0.2, 0) is 9.22 Å². The monoisotopic (exact) mass is 463 g/mol. The first-order valence-electron chi connectivity index (χ1n) is 10.8. The zero-order valence-corrected chi connectivity index (χ0v) is 20.3. The maximum absolute atomic E-state index is 12.8. The third-order valence-corrected chi connectivity index (χ3v) is 10.9. The summed E-state index contributed by atoms with van der Waals surface area (Å²) >= 11 is 0. The first-order chi connectivity index (χ1) is 15.6. The highest BCUT2D eigenvalue weighted by Gasteiger charge is 2.52. The van der Waals surface area contributed by atoms with Gasteiger partial charge in [0.05, 0.1) is 4.92 Å². The van der Waals surface area contributed by atoms with E-state index >= 15 is 0 Å². The third kappa shape index (κ3) is 4.95. The van der Waals surface area contributed by atoms with Crippen LogP contribution in [0.25, 0.3) is 0 Å². The average Bonchev–Trinajstić information content (AvgIpc) is 2.79. The molecule has 0 aliphatic rings. The van der Waals surface area contributed by atoms with E-state index in [0.29, 0.717) is 5.56 Å². The summed E-state index contributed by atoms with van der Waals surface area (Å²) in [6.07, 6.45) is -2.41. The fraction of sp³-hybridized carbons (Fsp3) is 0.269. The lowest BCUT2D eigenvalue weighted by Gasteiger charge is -2.45. The van der Waals surface area contributed by atoms with Crippen LogP contribution in [0.15, 0.2) is 84.9 Å². The number of hydrogen-bond acceptors (Lipinski definition) is 5. The zero-order chi connectivity index (χ0) is 24.2. The summed E-state index contributed by atoms with van der Waals surface area (Å²) in [6, 6.07) is 25.3. The van der Waals surface area contributed by atoms with E-state index in [0.717, 1.165) is 10.4 Å². The molecule has 0 saturated heterocycles. The molecule has 0 spiro atoms. The number of carbonyl (C=O) groups is 1. The Kier molecular flexibility index (Phi) is 7.27. The van der Waals surface area contributed by atoms with E-state index in [9.17, 15) is 20.0 Å². The number of benzene rings is 3. The molecule has 0 aromatic heterocycles. The lowest BCUT2D eigenvalue weighted by atomic mass is 10.0. The van der Waals surface area contributed by atoms with Crippen LogP contribution in [0.1, 0.15) is 39.4 Å². The first kappa shape index (κ1) is 24.5. The molecule has 1 N–H and O–H groups in total. The molecule has 3 rings (SSSR count). The molecule has 172 valence electrons. The molecule has 6 nitrogen and oxygen atoms in total. The highest BCUT2D eigenvalue weighted by molar-refractivity contribution is 6.99. The van der Waals surface area contributed by atoms with Crippen molar-refractivity contribution in [3.05, 3.63) is 101 Å². The van der Waals surface area contributed by atoms with Crippen LogP contribution in [-0.4, -0.2) is 30.2 Å². The molecule has 3 aromatic carbocycles. The highest BCUT2D eigenvalue weighted by atomic mass is 28.4. The number of nitro benzene ring substituents is 1. The predicted octanol–water partition coefficient (Wildman–Crippen LogP) is 4.16. The maximum Gasteiger partial charge on any atom is 0.269 e. The van der Waals surface area contributed by atoms with E-state index in [4.69, 9.17) is 4.43 Å². The van der Waals surface area contributed by atoms with Gasteiger partial charge in [0.2, 0.25) is 0 Å². The number of carbonyl (C=O) groups excluding carboxylic acids is 1. The largest absolute Gasteiger partial charge is 0.394 e. The van der Waals surface area contributed by atoms with Gasteiger partial charge in [-0.15, -0.1) is 0 Å². The van der Waals surface area contributed by atoms with Crippen molar-refractivity contribution in [1.82, 2.24) is 0 Å². The number of aliphatic hydroxyl groups is 1. The normalized spacial score (nSPS) is 13.8. The lowest BCUT2D eigenvalue weighted by molar-refractivity contribution is -0.384. The van der Waals surface area contributed by atoms with Gasteiger partial charge in [-0.25, -0.2) is 0 Å². The van der Waals surface area contributed by atoms with Crippen LogP contribution in [0.4, 0.5) is 5.69 Å². The second-order valence-corrected chi connectivity index (χ2v) is 13.4. The quantitative estimate of drug-likeness (QED) is 0.308. The lowest BCUT2D eigenvalue weighted by Crippen LogP contribution is -2.68. The number of Topliss-reactive ketones (excluding diaryl/α,β-unsaturated/α-hetero) is 1. The molecule has 0 aliphatic carbocycles. The second-order valence-electron chi connectivity index (χ2n) is 9.11. The molecule has 2 atom stereocenters. The topological polar surface area (TPSA) is 89.7 Å². The second kappa shape index (κ2) is 9.78. The van der Waals surface area contributed by atoms with Gasteiger partial charge in [-0.05, 0) is 40.0 Å². The van der Waals surface area contributed by atoms with Gasteiger partial charge in [-0.1, -0.05) is 81.4 Å². The Bertz CT molecular complexity index is 1060. The van der Waals surface area contributed by atoms with Gasteiger partial charge in [-0.3, -0.25) is 14.9 Å². The number of non-ortho nitro benzene ring substituents is 1. The molecule has 3 aromatic rings. The average molecular weight is 464 g/mol. The Hall–Kier alpha value is -3.13. The molecule has 0 amide bonds. The fourth-order valence-corrected chi connectivity index (χ4v) is 8.91. The molecule has 0 saturated carbocycles. The van der Waals surface area contributed by atoms with Gasteiger partial charge in [-0.2, -0.15) is 0 Å². The predicted molar refractivity (Wildman–Crippen MR) is 131 cm³/mol. The number of rotatable bonds is 8. The van der Waals surface area contributed by atoms with E-state index in [-0.39, 0.29) is 16.5 Å². The van der Waals surface area contributed by atoms with Gasteiger partial charge in [0.25, 0.3) is 14.0 Å². The summed E-state index contributed by atoms with van der Waals surface area (Å²) in [5.41, 5.74) is 0.303. The Labute approximate surface area is 195 Å². The zero-order valence-electron chi connectivity index (χ0n) is 19.3. The third-order valence-electron chi connectivity index (χ3n) is 5.85. The number of nitro groups is 1. The van der Waals surface area contributed by atoms with Crippen LogP contribution < -0.4 is 10.4 Å². The Morgan fingerprint density at radius 3 is 1.73 bits per heavy atom. The number of ketones is 1. The van der Waals surface area contributed by atoms with Crippen molar-refractivity contribution in [2.75, 3.05) is 0 Å². The summed E-state index contributed by atoms with van der Waals surface area (Å²) in [5, 5.41) is 23.8. The summed E-state index contributed by atoms with van der Waals surface area (Å²) in [7, 11) is -3.09. The van der Waals surface area contributed by atoms with Gasteiger partial charge in [0, 0.05) is 12.1 Å². The molecule has 7 heteroatoms. The van der Waals surface area contributed by atoms with Gasteiger partial charge in [0.1, 0.15) is 12.2 Å². The van der Waals surface area contributed by atoms with Crippen LogP contribution >= 0.6 is 0 Å². The Morgan fingerprint density at radius 2 is 1.36 bits per heavy atom. The van der Waals surface area contributed by atoms with E-state index < -0.39 is 25.4 Å². The Morgan fingerprint density at radius 1 is 0.909 bits per heavy atom. The van der Waals surface area contributed by atoms with E-state index in [1.807, 2.05) is 60.7 Å². The van der Waals surface area contributed by atoms with Crippen molar-refractivity contribution in [3.63, 3.8) is 0 Å². The highest BCUT2D eigenvalue weighted by Crippen LogP contribution is 2.39. The molecule has 33 heavy (non-hydrogen) atoms. The van der Waals surface area contributed by atoms with Crippen LogP contribution in [0.3, 0.4) is 0 Å². The molecule has 0 heterocycles. The molecule has 0 fully saturated rings. The first-order valence-corrected chi connectivity index (χ1v) is 12.7. The van der Waals surface area contributed by atoms with Crippen molar-refractivity contribution in [2.45, 2.75) is 44.9 Å². The van der Waals surface area contributed by atoms with Crippen LogP contribution in [0, 0.1) is 10.1 Å². The standard InChI is InChI=1S/C26H29NO5Si/c1-19(28)25(24(29)20-15-17-21(18-16-20)27(30)31)32-33(26(2,3)4,22-11-7-5-8-12-22)23-13-9-6-10-14-23/h5-18,24-25,29H,1-4H3/t24-,25-/m0/s1. The van der Waals surface area contributed by atoms with Crippen molar-refractivity contribution in [1.29, 1.82) is 0 Å². The van der Waals surface area contributed by atoms with Crippen LogP contribution in [0.2, 0.25) is 5.04 Å². The summed E-state index contributed by atoms with van der Waals surface area (Å²) in [6.45, 7) is 7.68. The Balaban J connectivity index is 2.15. The molecular formula is C26H29NO5Si. The van der Waals surface area contributed by atoms with Crippen molar-refractivity contribution in [2.24, 2.45) is 0 Å².